The molecule has 2 nitrogen and oxygen atoms in total. The van der Waals surface area contributed by atoms with Gasteiger partial charge in [-0.1, -0.05) is 37.3 Å². The number of carbonyl (C=O) groups excluding carboxylic acids is 2. The van der Waals surface area contributed by atoms with Crippen LogP contribution in [0.5, 0.6) is 0 Å². The third-order valence-electron chi connectivity index (χ3n) is 4.75. The SMILES string of the molecule is C[C@@H]1C[C@H](c2ccccc2)[C@@]2(CCCC2=O)C1=O. The van der Waals surface area contributed by atoms with Gasteiger partial charge in [0.15, 0.2) is 0 Å². The van der Waals surface area contributed by atoms with Crippen molar-refractivity contribution in [2.45, 2.75) is 38.5 Å². The molecule has 0 unspecified atom stereocenters. The second kappa shape index (κ2) is 4.04. The molecule has 0 heterocycles. The summed E-state index contributed by atoms with van der Waals surface area (Å²) in [4.78, 5) is 24.8. The van der Waals surface area contributed by atoms with Crippen LogP contribution in [0.25, 0.3) is 0 Å². The summed E-state index contributed by atoms with van der Waals surface area (Å²) in [6.07, 6.45) is 3.05. The zero-order valence-corrected chi connectivity index (χ0v) is 10.7. The van der Waals surface area contributed by atoms with E-state index in [1.165, 1.54) is 0 Å². The molecule has 2 aliphatic carbocycles. The van der Waals surface area contributed by atoms with E-state index in [1.54, 1.807) is 0 Å². The van der Waals surface area contributed by atoms with Gasteiger partial charge < -0.3 is 0 Å². The molecular weight excluding hydrogens is 224 g/mol. The van der Waals surface area contributed by atoms with Gasteiger partial charge in [0.05, 0.1) is 5.41 Å². The summed E-state index contributed by atoms with van der Waals surface area (Å²) in [7, 11) is 0. The van der Waals surface area contributed by atoms with Crippen molar-refractivity contribution in [2.75, 3.05) is 0 Å². The van der Waals surface area contributed by atoms with Crippen molar-refractivity contribution in [1.29, 1.82) is 0 Å². The lowest BCUT2D eigenvalue weighted by Crippen LogP contribution is -2.36. The predicted octanol–water partition coefficient (Wildman–Crippen LogP) is 3.12. The van der Waals surface area contributed by atoms with Crippen molar-refractivity contribution < 1.29 is 9.59 Å². The van der Waals surface area contributed by atoms with Crippen LogP contribution in [0.3, 0.4) is 0 Å². The average molecular weight is 242 g/mol. The fourth-order valence-corrected chi connectivity index (χ4v) is 3.90. The second-order valence-electron chi connectivity index (χ2n) is 5.71. The van der Waals surface area contributed by atoms with Gasteiger partial charge in [0, 0.05) is 18.3 Å². The Hall–Kier alpha value is -1.44. The summed E-state index contributed by atoms with van der Waals surface area (Å²) in [6.45, 7) is 1.97. The molecule has 1 aromatic carbocycles. The smallest absolute Gasteiger partial charge is 0.149 e. The van der Waals surface area contributed by atoms with Gasteiger partial charge >= 0.3 is 0 Å². The molecule has 2 aliphatic rings. The number of hydrogen-bond donors (Lipinski definition) is 0. The third kappa shape index (κ3) is 1.41. The quantitative estimate of drug-likeness (QED) is 0.709. The molecule has 0 aliphatic heterocycles. The molecule has 3 atom stereocenters. The minimum Gasteiger partial charge on any atom is -0.299 e. The Morgan fingerprint density at radius 1 is 1.17 bits per heavy atom. The summed E-state index contributed by atoms with van der Waals surface area (Å²) in [6, 6.07) is 10.1. The summed E-state index contributed by atoms with van der Waals surface area (Å²) in [5.41, 5.74) is 0.478. The molecule has 3 rings (SSSR count). The first-order valence-corrected chi connectivity index (χ1v) is 6.79. The van der Waals surface area contributed by atoms with Crippen LogP contribution < -0.4 is 0 Å². The average Bonchev–Trinajstić information content (AvgIpc) is 2.89. The summed E-state index contributed by atoms with van der Waals surface area (Å²) in [5.74, 6) is 0.512. The predicted molar refractivity (Wildman–Crippen MR) is 69.3 cm³/mol. The van der Waals surface area contributed by atoms with Gasteiger partial charge in [0.2, 0.25) is 0 Å². The van der Waals surface area contributed by atoms with E-state index in [-0.39, 0.29) is 23.4 Å². The van der Waals surface area contributed by atoms with Crippen LogP contribution in [0, 0.1) is 11.3 Å². The third-order valence-corrected chi connectivity index (χ3v) is 4.75. The minimum atomic E-state index is -0.680. The molecule has 0 aromatic heterocycles. The highest BCUT2D eigenvalue weighted by atomic mass is 16.2. The van der Waals surface area contributed by atoms with Crippen LogP contribution in [-0.4, -0.2) is 11.6 Å². The van der Waals surface area contributed by atoms with Gasteiger partial charge in [-0.3, -0.25) is 9.59 Å². The number of ketones is 2. The Balaban J connectivity index is 2.09. The molecule has 0 radical (unpaired) electrons. The first-order chi connectivity index (χ1) is 8.66. The Kier molecular flexibility index (Phi) is 2.61. The van der Waals surface area contributed by atoms with Crippen LogP contribution in [0.4, 0.5) is 0 Å². The number of Topliss-reactive ketones (excluding diaryl/α,β-unsaturated/α-hetero) is 2. The number of hydrogen-bond acceptors (Lipinski definition) is 2. The van der Waals surface area contributed by atoms with Crippen molar-refractivity contribution in [3.8, 4) is 0 Å². The van der Waals surface area contributed by atoms with Gasteiger partial charge in [-0.15, -0.1) is 0 Å². The van der Waals surface area contributed by atoms with Crippen molar-refractivity contribution in [1.82, 2.24) is 0 Å². The molecule has 0 N–H and O–H groups in total. The lowest BCUT2D eigenvalue weighted by Gasteiger charge is -2.28. The maximum atomic E-state index is 12.5. The maximum absolute atomic E-state index is 12.5. The molecule has 18 heavy (non-hydrogen) atoms. The largest absolute Gasteiger partial charge is 0.299 e. The Bertz CT molecular complexity index is 491. The van der Waals surface area contributed by atoms with Crippen molar-refractivity contribution in [3.63, 3.8) is 0 Å². The lowest BCUT2D eigenvalue weighted by molar-refractivity contribution is -0.138. The van der Waals surface area contributed by atoms with Crippen molar-refractivity contribution in [3.05, 3.63) is 35.9 Å². The van der Waals surface area contributed by atoms with Gasteiger partial charge in [-0.25, -0.2) is 0 Å². The van der Waals surface area contributed by atoms with Crippen LogP contribution in [0.15, 0.2) is 30.3 Å². The first kappa shape index (κ1) is 11.6. The molecule has 1 aromatic rings. The summed E-state index contributed by atoms with van der Waals surface area (Å²) >= 11 is 0. The number of carbonyl (C=O) groups is 2. The van der Waals surface area contributed by atoms with E-state index in [1.807, 2.05) is 25.1 Å². The Morgan fingerprint density at radius 3 is 2.50 bits per heavy atom. The molecule has 1 spiro atoms. The normalized spacial score (nSPS) is 35.6. The highest BCUT2D eigenvalue weighted by molar-refractivity contribution is 6.11. The lowest BCUT2D eigenvalue weighted by atomic mass is 9.72. The molecule has 0 saturated heterocycles. The highest BCUT2D eigenvalue weighted by Crippen LogP contribution is 2.56. The zero-order valence-electron chi connectivity index (χ0n) is 10.7. The van der Waals surface area contributed by atoms with Crippen LogP contribution >= 0.6 is 0 Å². The minimum absolute atomic E-state index is 0.0252. The van der Waals surface area contributed by atoms with Gasteiger partial charge in [-0.05, 0) is 24.8 Å². The molecular formula is C16H18O2. The van der Waals surface area contributed by atoms with E-state index >= 15 is 0 Å². The van der Waals surface area contributed by atoms with Crippen LogP contribution in [-0.2, 0) is 9.59 Å². The van der Waals surface area contributed by atoms with E-state index in [0.29, 0.717) is 6.42 Å². The Morgan fingerprint density at radius 2 is 1.89 bits per heavy atom. The first-order valence-electron chi connectivity index (χ1n) is 6.79. The van der Waals surface area contributed by atoms with E-state index in [0.717, 1.165) is 24.8 Å². The number of rotatable bonds is 1. The maximum Gasteiger partial charge on any atom is 0.149 e. The fourth-order valence-electron chi connectivity index (χ4n) is 3.90. The molecule has 2 saturated carbocycles. The fraction of sp³-hybridized carbons (Fsp3) is 0.500. The van der Waals surface area contributed by atoms with Crippen molar-refractivity contribution >= 4 is 11.6 Å². The zero-order chi connectivity index (χ0) is 12.8. The van der Waals surface area contributed by atoms with Gasteiger partial charge in [0.1, 0.15) is 11.6 Å². The summed E-state index contributed by atoms with van der Waals surface area (Å²) < 4.78 is 0. The van der Waals surface area contributed by atoms with Gasteiger partial charge in [-0.2, -0.15) is 0 Å². The molecule has 0 amide bonds. The topological polar surface area (TPSA) is 34.1 Å². The molecule has 2 fully saturated rings. The molecule has 94 valence electrons. The van der Waals surface area contributed by atoms with E-state index in [4.69, 9.17) is 0 Å². The highest BCUT2D eigenvalue weighted by Gasteiger charge is 2.59. The van der Waals surface area contributed by atoms with Gasteiger partial charge in [0.25, 0.3) is 0 Å². The van der Waals surface area contributed by atoms with E-state index in [9.17, 15) is 9.59 Å². The van der Waals surface area contributed by atoms with Crippen LogP contribution in [0.1, 0.15) is 44.1 Å². The van der Waals surface area contributed by atoms with Crippen molar-refractivity contribution in [2.24, 2.45) is 11.3 Å². The Labute approximate surface area is 107 Å². The molecule has 0 bridgehead atoms. The monoisotopic (exact) mass is 242 g/mol. The second-order valence-corrected chi connectivity index (χ2v) is 5.71. The number of benzene rings is 1. The standard InChI is InChI=1S/C16H18O2/c1-11-10-13(12-6-3-2-4-7-12)16(15(11)18)9-5-8-14(16)17/h2-4,6-7,11,13H,5,8-10H2,1H3/t11-,13-,16-/m1/s1. The molecule has 2 heteroatoms. The van der Waals surface area contributed by atoms with Crippen LogP contribution in [0.2, 0.25) is 0 Å². The van der Waals surface area contributed by atoms with E-state index < -0.39 is 5.41 Å². The summed E-state index contributed by atoms with van der Waals surface area (Å²) in [5, 5.41) is 0. The van der Waals surface area contributed by atoms with E-state index in [2.05, 4.69) is 12.1 Å².